The van der Waals surface area contributed by atoms with E-state index >= 15 is 0 Å². The summed E-state index contributed by atoms with van der Waals surface area (Å²) in [6, 6.07) is 1.96. The highest BCUT2D eigenvalue weighted by Gasteiger charge is 2.09. The van der Waals surface area contributed by atoms with E-state index < -0.39 is 5.97 Å². The lowest BCUT2D eigenvalue weighted by Crippen LogP contribution is -2.04. The second-order valence-electron chi connectivity index (χ2n) is 3.18. The molecule has 0 bridgehead atoms. The molecule has 0 saturated carbocycles. The van der Waals surface area contributed by atoms with Crippen LogP contribution in [0.25, 0.3) is 0 Å². The van der Waals surface area contributed by atoms with Crippen molar-refractivity contribution < 1.29 is 9.90 Å². The number of aromatic nitrogens is 3. The Morgan fingerprint density at radius 1 is 1.61 bits per heavy atom. The molecule has 0 fully saturated rings. The number of hydrogen-bond donors (Lipinski definition) is 2. The molecule has 0 atom stereocenters. The third-order valence-electron chi connectivity index (χ3n) is 2.01. The molecular formula is C10H7N5O2S. The highest BCUT2D eigenvalue weighted by Crippen LogP contribution is 2.13. The summed E-state index contributed by atoms with van der Waals surface area (Å²) >= 11 is 1.23. The monoisotopic (exact) mass is 261 g/mol. The number of thiazole rings is 1. The molecule has 0 aliphatic carbocycles. The van der Waals surface area contributed by atoms with E-state index in [1.54, 1.807) is 0 Å². The quantitative estimate of drug-likeness (QED) is 0.847. The van der Waals surface area contributed by atoms with E-state index in [1.807, 2.05) is 6.07 Å². The molecular weight excluding hydrogens is 254 g/mol. The Labute approximate surface area is 106 Å². The summed E-state index contributed by atoms with van der Waals surface area (Å²) in [5.41, 5.74) is 0.340. The number of carboxylic acid groups (broad SMARTS) is 1. The van der Waals surface area contributed by atoms with Gasteiger partial charge in [-0.3, -0.25) is 0 Å². The molecule has 8 heteroatoms. The Bertz CT molecular complexity index is 619. The Morgan fingerprint density at radius 3 is 3.11 bits per heavy atom. The summed E-state index contributed by atoms with van der Waals surface area (Å²) in [7, 11) is 0. The Balaban J connectivity index is 2.07. The number of nitrogens with one attached hydrogen (secondary N) is 1. The topological polar surface area (TPSA) is 112 Å². The molecule has 2 heterocycles. The summed E-state index contributed by atoms with van der Waals surface area (Å²) in [4.78, 5) is 22.2. The molecule has 7 nitrogen and oxygen atoms in total. The first-order valence-electron chi connectivity index (χ1n) is 4.82. The average molecular weight is 261 g/mol. The molecule has 0 spiro atoms. The number of nitriles is 1. The van der Waals surface area contributed by atoms with Crippen LogP contribution in [-0.2, 0) is 6.54 Å². The summed E-state index contributed by atoms with van der Waals surface area (Å²) in [6.07, 6.45) is 2.73. The van der Waals surface area contributed by atoms with Crippen molar-refractivity contribution in [3.63, 3.8) is 0 Å². The molecule has 0 aliphatic heterocycles. The predicted molar refractivity (Wildman–Crippen MR) is 63.1 cm³/mol. The van der Waals surface area contributed by atoms with Gasteiger partial charge in [0.25, 0.3) is 0 Å². The van der Waals surface area contributed by atoms with Crippen LogP contribution >= 0.6 is 11.3 Å². The summed E-state index contributed by atoms with van der Waals surface area (Å²) in [5, 5.41) is 22.5. The largest absolute Gasteiger partial charge is 0.476 e. The van der Waals surface area contributed by atoms with E-state index in [0.29, 0.717) is 22.9 Å². The first-order valence-corrected chi connectivity index (χ1v) is 5.70. The molecule has 0 saturated heterocycles. The summed E-state index contributed by atoms with van der Waals surface area (Å²) in [5.74, 6) is -0.656. The van der Waals surface area contributed by atoms with Crippen LogP contribution in [0.3, 0.4) is 0 Å². The molecule has 2 aromatic rings. The first kappa shape index (κ1) is 11.9. The van der Waals surface area contributed by atoms with Crippen molar-refractivity contribution in [2.24, 2.45) is 0 Å². The van der Waals surface area contributed by atoms with Gasteiger partial charge in [0.1, 0.15) is 28.8 Å². The third-order valence-corrected chi connectivity index (χ3v) is 2.86. The number of carbonyl (C=O) groups is 1. The fourth-order valence-electron chi connectivity index (χ4n) is 1.20. The molecule has 0 aliphatic rings. The van der Waals surface area contributed by atoms with Crippen LogP contribution in [0.5, 0.6) is 0 Å². The molecule has 0 unspecified atom stereocenters. The van der Waals surface area contributed by atoms with Gasteiger partial charge >= 0.3 is 5.97 Å². The number of carboxylic acids is 1. The molecule has 2 rings (SSSR count). The van der Waals surface area contributed by atoms with Gasteiger partial charge in [-0.15, -0.1) is 11.3 Å². The van der Waals surface area contributed by atoms with Crippen molar-refractivity contribution in [2.75, 3.05) is 5.32 Å². The van der Waals surface area contributed by atoms with E-state index in [2.05, 4.69) is 20.3 Å². The van der Waals surface area contributed by atoms with Crippen LogP contribution in [0.1, 0.15) is 21.1 Å². The zero-order valence-corrected chi connectivity index (χ0v) is 9.81. The lowest BCUT2D eigenvalue weighted by atomic mass is 10.3. The van der Waals surface area contributed by atoms with Gasteiger partial charge < -0.3 is 10.4 Å². The van der Waals surface area contributed by atoms with Crippen LogP contribution in [0.4, 0.5) is 5.82 Å². The normalized spacial score (nSPS) is 9.72. The lowest BCUT2D eigenvalue weighted by molar-refractivity contribution is 0.0691. The SMILES string of the molecule is N#Cc1cncnc1NCc1nc(C(=O)O)cs1. The summed E-state index contributed by atoms with van der Waals surface area (Å²) < 4.78 is 0. The van der Waals surface area contributed by atoms with Gasteiger partial charge in [-0.25, -0.2) is 19.7 Å². The number of aromatic carboxylic acids is 1. The second kappa shape index (κ2) is 5.20. The highest BCUT2D eigenvalue weighted by atomic mass is 32.1. The molecule has 18 heavy (non-hydrogen) atoms. The molecule has 0 radical (unpaired) electrons. The van der Waals surface area contributed by atoms with Crippen molar-refractivity contribution in [1.82, 2.24) is 15.0 Å². The van der Waals surface area contributed by atoms with E-state index in [0.717, 1.165) is 0 Å². The zero-order chi connectivity index (χ0) is 13.0. The zero-order valence-electron chi connectivity index (χ0n) is 8.99. The molecule has 0 aromatic carbocycles. The van der Waals surface area contributed by atoms with Gasteiger partial charge in [-0.1, -0.05) is 0 Å². The van der Waals surface area contributed by atoms with Crippen molar-refractivity contribution >= 4 is 23.1 Å². The smallest absolute Gasteiger partial charge is 0.355 e. The van der Waals surface area contributed by atoms with Crippen LogP contribution in [0.2, 0.25) is 0 Å². The summed E-state index contributed by atoms with van der Waals surface area (Å²) in [6.45, 7) is 0.309. The highest BCUT2D eigenvalue weighted by molar-refractivity contribution is 7.09. The number of rotatable bonds is 4. The van der Waals surface area contributed by atoms with E-state index in [9.17, 15) is 4.79 Å². The maximum atomic E-state index is 10.6. The Kier molecular flexibility index (Phi) is 3.45. The maximum Gasteiger partial charge on any atom is 0.355 e. The minimum atomic E-state index is -1.06. The van der Waals surface area contributed by atoms with Crippen LogP contribution in [0, 0.1) is 11.3 Å². The van der Waals surface area contributed by atoms with E-state index in [-0.39, 0.29) is 5.69 Å². The first-order chi connectivity index (χ1) is 8.70. The molecule has 2 aromatic heterocycles. The van der Waals surface area contributed by atoms with Gasteiger partial charge in [0.05, 0.1) is 12.7 Å². The van der Waals surface area contributed by atoms with Crippen molar-refractivity contribution in [2.45, 2.75) is 6.54 Å². The van der Waals surface area contributed by atoms with Crippen molar-refractivity contribution in [3.8, 4) is 6.07 Å². The van der Waals surface area contributed by atoms with E-state index in [4.69, 9.17) is 10.4 Å². The number of nitrogens with zero attached hydrogens (tertiary/aromatic N) is 4. The molecule has 0 amide bonds. The van der Waals surface area contributed by atoms with Crippen LogP contribution in [0.15, 0.2) is 17.9 Å². The van der Waals surface area contributed by atoms with Crippen LogP contribution in [-0.4, -0.2) is 26.0 Å². The Morgan fingerprint density at radius 2 is 2.44 bits per heavy atom. The third kappa shape index (κ3) is 2.58. The minimum Gasteiger partial charge on any atom is -0.476 e. The number of hydrogen-bond acceptors (Lipinski definition) is 7. The van der Waals surface area contributed by atoms with Gasteiger partial charge in [0.15, 0.2) is 5.69 Å². The van der Waals surface area contributed by atoms with Gasteiger partial charge in [-0.2, -0.15) is 5.26 Å². The van der Waals surface area contributed by atoms with Crippen molar-refractivity contribution in [3.05, 3.63) is 34.2 Å². The Hall–Kier alpha value is -2.53. The van der Waals surface area contributed by atoms with Gasteiger partial charge in [-0.05, 0) is 0 Å². The molecule has 2 N–H and O–H groups in total. The van der Waals surface area contributed by atoms with E-state index in [1.165, 1.54) is 29.2 Å². The molecule has 90 valence electrons. The van der Waals surface area contributed by atoms with Gasteiger partial charge in [0.2, 0.25) is 0 Å². The van der Waals surface area contributed by atoms with Crippen molar-refractivity contribution in [1.29, 1.82) is 5.26 Å². The standard InChI is InChI=1S/C10H7N5O2S/c11-1-6-2-12-5-14-9(6)13-3-8-15-7(4-18-8)10(16)17/h2,4-5H,3H2,(H,16,17)(H,12,13,14). The fraction of sp³-hybridized carbons (Fsp3) is 0.100. The number of anilines is 1. The minimum absolute atomic E-state index is 0.0139. The van der Waals surface area contributed by atoms with Gasteiger partial charge in [0, 0.05) is 5.38 Å². The van der Waals surface area contributed by atoms with Crippen LogP contribution < -0.4 is 5.32 Å². The maximum absolute atomic E-state index is 10.6. The lowest BCUT2D eigenvalue weighted by Gasteiger charge is -2.03. The second-order valence-corrected chi connectivity index (χ2v) is 4.12. The predicted octanol–water partition coefficient (Wildman–Crippen LogP) is 1.12. The average Bonchev–Trinajstić information content (AvgIpc) is 2.85. The fourth-order valence-corrected chi connectivity index (χ4v) is 1.91.